The molecule has 0 saturated heterocycles. The van der Waals surface area contributed by atoms with Crippen molar-refractivity contribution in [2.45, 2.75) is 20.8 Å². The van der Waals surface area contributed by atoms with Crippen LogP contribution in [0.1, 0.15) is 18.1 Å². The molecule has 2 rings (SSSR count). The Morgan fingerprint density at radius 2 is 1.72 bits per heavy atom. The number of amides is 2. The molecule has 25 heavy (non-hydrogen) atoms. The summed E-state index contributed by atoms with van der Waals surface area (Å²) in [6, 6.07) is 11.1. The van der Waals surface area contributed by atoms with Crippen molar-refractivity contribution in [1.82, 2.24) is 0 Å². The number of ether oxygens (including phenoxy) is 1. The van der Waals surface area contributed by atoms with Crippen molar-refractivity contribution in [3.05, 3.63) is 47.5 Å². The third-order valence-electron chi connectivity index (χ3n) is 3.71. The van der Waals surface area contributed by atoms with Crippen molar-refractivity contribution in [3.8, 4) is 5.75 Å². The number of anilines is 3. The van der Waals surface area contributed by atoms with Crippen LogP contribution in [-0.2, 0) is 9.59 Å². The molecule has 2 aromatic rings. The van der Waals surface area contributed by atoms with E-state index in [0.717, 1.165) is 22.5 Å². The smallest absolute Gasteiger partial charge is 0.243 e. The van der Waals surface area contributed by atoms with Crippen LogP contribution in [0, 0.1) is 13.8 Å². The Balaban J connectivity index is 2.03. The number of carbonyl (C=O) groups is 2. The number of hydrogen-bond donors (Lipinski definition) is 3. The Bertz CT molecular complexity index is 787. The first-order valence-corrected chi connectivity index (χ1v) is 7.96. The van der Waals surface area contributed by atoms with Gasteiger partial charge in [-0.1, -0.05) is 12.1 Å². The maximum absolute atomic E-state index is 12.2. The molecule has 2 amide bonds. The lowest BCUT2D eigenvalue weighted by atomic mass is 10.1. The van der Waals surface area contributed by atoms with Gasteiger partial charge in [0.05, 0.1) is 19.3 Å². The molecule has 0 aromatic heterocycles. The first-order chi connectivity index (χ1) is 11.9. The van der Waals surface area contributed by atoms with Gasteiger partial charge in [-0.3, -0.25) is 9.59 Å². The average Bonchev–Trinajstić information content (AvgIpc) is 2.55. The largest absolute Gasteiger partial charge is 0.495 e. The summed E-state index contributed by atoms with van der Waals surface area (Å²) < 4.78 is 5.26. The van der Waals surface area contributed by atoms with Crippen LogP contribution in [0.5, 0.6) is 5.75 Å². The van der Waals surface area contributed by atoms with Crippen molar-refractivity contribution in [3.63, 3.8) is 0 Å². The van der Waals surface area contributed by atoms with Crippen LogP contribution >= 0.6 is 0 Å². The highest BCUT2D eigenvalue weighted by molar-refractivity contribution is 5.95. The normalized spacial score (nSPS) is 10.1. The van der Waals surface area contributed by atoms with E-state index in [2.05, 4.69) is 16.0 Å². The fourth-order valence-electron chi connectivity index (χ4n) is 2.44. The predicted octanol–water partition coefficient (Wildman–Crippen LogP) is 3.32. The summed E-state index contributed by atoms with van der Waals surface area (Å²) in [7, 11) is 1.56. The first-order valence-electron chi connectivity index (χ1n) is 7.96. The minimum Gasteiger partial charge on any atom is -0.495 e. The molecule has 0 radical (unpaired) electrons. The van der Waals surface area contributed by atoms with Crippen LogP contribution < -0.4 is 20.7 Å². The molecule has 0 atom stereocenters. The maximum atomic E-state index is 12.2. The van der Waals surface area contributed by atoms with Crippen LogP contribution in [0.25, 0.3) is 0 Å². The van der Waals surface area contributed by atoms with E-state index in [1.165, 1.54) is 6.92 Å². The molecule has 0 bridgehead atoms. The van der Waals surface area contributed by atoms with Gasteiger partial charge < -0.3 is 20.7 Å². The third kappa shape index (κ3) is 4.97. The number of nitrogens with one attached hydrogen (secondary N) is 3. The zero-order valence-electron chi connectivity index (χ0n) is 14.9. The van der Waals surface area contributed by atoms with E-state index < -0.39 is 0 Å². The number of methoxy groups -OCH3 is 1. The van der Waals surface area contributed by atoms with Crippen molar-refractivity contribution in [2.75, 3.05) is 29.6 Å². The summed E-state index contributed by atoms with van der Waals surface area (Å²) in [5.74, 6) is 0.292. The molecular weight excluding hydrogens is 318 g/mol. The number of benzene rings is 2. The van der Waals surface area contributed by atoms with E-state index in [-0.39, 0.29) is 18.4 Å². The molecule has 0 heterocycles. The lowest BCUT2D eigenvalue weighted by Crippen LogP contribution is -2.22. The van der Waals surface area contributed by atoms with Gasteiger partial charge in [-0.2, -0.15) is 0 Å². The van der Waals surface area contributed by atoms with E-state index in [4.69, 9.17) is 4.74 Å². The highest BCUT2D eigenvalue weighted by atomic mass is 16.5. The van der Waals surface area contributed by atoms with Crippen LogP contribution in [0.3, 0.4) is 0 Å². The summed E-state index contributed by atoms with van der Waals surface area (Å²) in [6.45, 7) is 5.39. The van der Waals surface area contributed by atoms with E-state index in [1.54, 1.807) is 7.11 Å². The Hall–Kier alpha value is -3.02. The maximum Gasteiger partial charge on any atom is 0.243 e. The van der Waals surface area contributed by atoms with Gasteiger partial charge in [-0.15, -0.1) is 0 Å². The molecule has 0 unspecified atom stereocenters. The summed E-state index contributed by atoms with van der Waals surface area (Å²) >= 11 is 0. The van der Waals surface area contributed by atoms with E-state index in [1.807, 2.05) is 50.2 Å². The lowest BCUT2D eigenvalue weighted by molar-refractivity contribution is -0.115. The van der Waals surface area contributed by atoms with Gasteiger partial charge in [0.15, 0.2) is 0 Å². The Morgan fingerprint density at radius 3 is 2.40 bits per heavy atom. The average molecular weight is 341 g/mol. The molecule has 3 N–H and O–H groups in total. The molecule has 2 aromatic carbocycles. The van der Waals surface area contributed by atoms with Crippen LogP contribution in [-0.4, -0.2) is 25.5 Å². The monoisotopic (exact) mass is 341 g/mol. The van der Waals surface area contributed by atoms with E-state index >= 15 is 0 Å². The first kappa shape index (κ1) is 18.3. The third-order valence-corrected chi connectivity index (χ3v) is 3.71. The minimum absolute atomic E-state index is 0.0987. The van der Waals surface area contributed by atoms with E-state index in [0.29, 0.717) is 11.4 Å². The summed E-state index contributed by atoms with van der Waals surface area (Å²) in [6.07, 6.45) is 0. The predicted molar refractivity (Wildman–Crippen MR) is 100 cm³/mol. The number of hydrogen-bond acceptors (Lipinski definition) is 4. The van der Waals surface area contributed by atoms with Crippen LogP contribution in [0.2, 0.25) is 0 Å². The Labute approximate surface area is 147 Å². The van der Waals surface area contributed by atoms with Gasteiger partial charge in [0.25, 0.3) is 0 Å². The number of aryl methyl sites for hydroxylation is 1. The van der Waals surface area contributed by atoms with Gasteiger partial charge in [0.1, 0.15) is 5.75 Å². The quantitative estimate of drug-likeness (QED) is 0.753. The summed E-state index contributed by atoms with van der Waals surface area (Å²) in [5, 5.41) is 8.70. The molecule has 6 heteroatoms. The Kier molecular flexibility index (Phi) is 6.00. The van der Waals surface area contributed by atoms with Gasteiger partial charge >= 0.3 is 0 Å². The topological polar surface area (TPSA) is 79.5 Å². The van der Waals surface area contributed by atoms with Gasteiger partial charge in [-0.05, 0) is 49.2 Å². The van der Waals surface area contributed by atoms with Crippen LogP contribution in [0.15, 0.2) is 36.4 Å². The zero-order chi connectivity index (χ0) is 18.4. The zero-order valence-corrected chi connectivity index (χ0v) is 14.9. The molecule has 0 aliphatic carbocycles. The van der Waals surface area contributed by atoms with E-state index in [9.17, 15) is 9.59 Å². The van der Waals surface area contributed by atoms with Gasteiger partial charge in [-0.25, -0.2) is 0 Å². The van der Waals surface area contributed by atoms with Crippen molar-refractivity contribution in [1.29, 1.82) is 0 Å². The van der Waals surface area contributed by atoms with Crippen LogP contribution in [0.4, 0.5) is 17.1 Å². The second-order valence-corrected chi connectivity index (χ2v) is 5.76. The standard InChI is InChI=1S/C19H23N3O3/c1-12-8-9-18(25-4)17(10-12)22-19(24)11-20-15-6-5-7-16(13(15)2)21-14(3)23/h5-10,20H,11H2,1-4H3,(H,21,23)(H,22,24). The molecule has 0 spiro atoms. The number of carbonyl (C=O) groups excluding carboxylic acids is 2. The second kappa shape index (κ2) is 8.19. The molecule has 0 aliphatic rings. The number of rotatable bonds is 6. The highest BCUT2D eigenvalue weighted by Crippen LogP contribution is 2.26. The van der Waals surface area contributed by atoms with Crippen molar-refractivity contribution < 1.29 is 14.3 Å². The molecule has 0 fully saturated rings. The molecule has 0 aliphatic heterocycles. The molecule has 6 nitrogen and oxygen atoms in total. The van der Waals surface area contributed by atoms with Gasteiger partial charge in [0, 0.05) is 18.3 Å². The van der Waals surface area contributed by atoms with Crippen molar-refractivity contribution in [2.24, 2.45) is 0 Å². The van der Waals surface area contributed by atoms with Crippen molar-refractivity contribution >= 4 is 28.9 Å². The summed E-state index contributed by atoms with van der Waals surface area (Å²) in [4.78, 5) is 23.5. The fourth-order valence-corrected chi connectivity index (χ4v) is 2.44. The highest BCUT2D eigenvalue weighted by Gasteiger charge is 2.10. The fraction of sp³-hybridized carbons (Fsp3) is 0.263. The lowest BCUT2D eigenvalue weighted by Gasteiger charge is -2.14. The Morgan fingerprint density at radius 1 is 1.00 bits per heavy atom. The van der Waals surface area contributed by atoms with Gasteiger partial charge in [0.2, 0.25) is 11.8 Å². The summed E-state index contributed by atoms with van der Waals surface area (Å²) in [5.41, 5.74) is 4.05. The minimum atomic E-state index is -0.187. The molecule has 0 saturated carbocycles. The second-order valence-electron chi connectivity index (χ2n) is 5.76. The molecular formula is C19H23N3O3. The SMILES string of the molecule is COc1ccc(C)cc1NC(=O)CNc1cccc(NC(C)=O)c1C. The molecule has 132 valence electrons.